The van der Waals surface area contributed by atoms with Gasteiger partial charge in [-0.1, -0.05) is 35.9 Å². The smallest absolute Gasteiger partial charge is 0.157 e. The average Bonchev–Trinajstić information content (AvgIpc) is 2.50. The Bertz CT molecular complexity index is 657. The number of nitrogens with zero attached hydrogens (tertiary/aromatic N) is 1. The third-order valence-corrected chi connectivity index (χ3v) is 3.68. The molecule has 0 aliphatic carbocycles. The Hall–Kier alpha value is -2.47. The molecule has 1 N–H and O–H groups in total. The van der Waals surface area contributed by atoms with Crippen molar-refractivity contribution in [1.82, 2.24) is 0 Å². The second-order valence-corrected chi connectivity index (χ2v) is 5.10. The van der Waals surface area contributed by atoms with E-state index < -0.39 is 5.54 Å². The van der Waals surface area contributed by atoms with Crippen LogP contribution in [0.4, 0.5) is 5.69 Å². The summed E-state index contributed by atoms with van der Waals surface area (Å²) in [6.45, 7) is 2.59. The number of ether oxygens (including phenoxy) is 1. The summed E-state index contributed by atoms with van der Waals surface area (Å²) in [6.07, 6.45) is 0.633. The summed E-state index contributed by atoms with van der Waals surface area (Å²) in [5, 5.41) is 13.1. The summed E-state index contributed by atoms with van der Waals surface area (Å²) >= 11 is 0. The highest BCUT2D eigenvalue weighted by atomic mass is 16.5. The van der Waals surface area contributed by atoms with E-state index in [-0.39, 0.29) is 0 Å². The molecule has 1 aliphatic heterocycles. The summed E-state index contributed by atoms with van der Waals surface area (Å²) in [5.74, 6) is 0.792. The number of fused-ring (bicyclic) bond motifs is 1. The number of nitriles is 1. The predicted molar refractivity (Wildman–Crippen MR) is 78.6 cm³/mol. The molecule has 100 valence electrons. The summed E-state index contributed by atoms with van der Waals surface area (Å²) in [6, 6.07) is 18.3. The van der Waals surface area contributed by atoms with Crippen LogP contribution in [0.5, 0.6) is 5.75 Å². The fourth-order valence-corrected chi connectivity index (χ4v) is 2.55. The quantitative estimate of drug-likeness (QED) is 0.901. The largest absolute Gasteiger partial charge is 0.493 e. The second kappa shape index (κ2) is 4.90. The molecule has 20 heavy (non-hydrogen) atoms. The molecule has 2 aromatic rings. The maximum atomic E-state index is 9.74. The standard InChI is InChI=1S/C17H16N2O/c1-13-6-8-14(9-7-13)19-17(12-18)10-11-20-16-5-3-2-4-15(16)17/h2-9,19H,10-11H2,1H3. The van der Waals surface area contributed by atoms with Crippen LogP contribution in [0.1, 0.15) is 17.5 Å². The Labute approximate surface area is 118 Å². The van der Waals surface area contributed by atoms with Gasteiger partial charge in [0.1, 0.15) is 5.75 Å². The third kappa shape index (κ3) is 2.10. The maximum Gasteiger partial charge on any atom is 0.157 e. The lowest BCUT2D eigenvalue weighted by Crippen LogP contribution is -2.38. The van der Waals surface area contributed by atoms with Gasteiger partial charge in [0.2, 0.25) is 0 Å². The first-order valence-corrected chi connectivity index (χ1v) is 6.72. The van der Waals surface area contributed by atoms with Crippen molar-refractivity contribution in [2.45, 2.75) is 18.9 Å². The Kier molecular flexibility index (Phi) is 3.08. The van der Waals surface area contributed by atoms with Gasteiger partial charge >= 0.3 is 0 Å². The van der Waals surface area contributed by atoms with Crippen LogP contribution in [0.2, 0.25) is 0 Å². The fourth-order valence-electron chi connectivity index (χ4n) is 2.55. The Morgan fingerprint density at radius 2 is 1.90 bits per heavy atom. The first kappa shape index (κ1) is 12.6. The fraction of sp³-hybridized carbons (Fsp3) is 0.235. The number of nitrogens with one attached hydrogen (secondary N) is 1. The van der Waals surface area contributed by atoms with E-state index >= 15 is 0 Å². The predicted octanol–water partition coefficient (Wildman–Crippen LogP) is 3.61. The van der Waals surface area contributed by atoms with Gasteiger partial charge in [-0.3, -0.25) is 0 Å². The molecule has 2 aromatic carbocycles. The highest BCUT2D eigenvalue weighted by Crippen LogP contribution is 2.38. The normalized spacial score (nSPS) is 20.4. The Balaban J connectivity index is 2.01. The lowest BCUT2D eigenvalue weighted by Gasteiger charge is -2.34. The average molecular weight is 264 g/mol. The summed E-state index contributed by atoms with van der Waals surface area (Å²) in [5.41, 5.74) is 2.35. The van der Waals surface area contributed by atoms with E-state index in [0.717, 1.165) is 17.0 Å². The van der Waals surface area contributed by atoms with Crippen LogP contribution in [0.25, 0.3) is 0 Å². The van der Waals surface area contributed by atoms with E-state index in [2.05, 4.69) is 11.4 Å². The summed E-state index contributed by atoms with van der Waals surface area (Å²) in [4.78, 5) is 0. The zero-order chi connectivity index (χ0) is 14.0. The molecule has 1 heterocycles. The summed E-state index contributed by atoms with van der Waals surface area (Å²) in [7, 11) is 0. The molecule has 0 amide bonds. The highest BCUT2D eigenvalue weighted by Gasteiger charge is 2.37. The van der Waals surface area contributed by atoms with Gasteiger partial charge in [0.05, 0.1) is 12.7 Å². The second-order valence-electron chi connectivity index (χ2n) is 5.10. The van der Waals surface area contributed by atoms with Crippen molar-refractivity contribution in [3.05, 3.63) is 59.7 Å². The molecule has 0 radical (unpaired) electrons. The van der Waals surface area contributed by atoms with Crippen molar-refractivity contribution < 1.29 is 4.74 Å². The van der Waals surface area contributed by atoms with Gasteiger partial charge < -0.3 is 10.1 Å². The SMILES string of the molecule is Cc1ccc(NC2(C#N)CCOc3ccccc32)cc1. The number of rotatable bonds is 2. The van der Waals surface area contributed by atoms with Crippen LogP contribution in [0, 0.1) is 18.3 Å². The number of aryl methyl sites for hydroxylation is 1. The number of anilines is 1. The van der Waals surface area contributed by atoms with E-state index in [1.54, 1.807) is 0 Å². The minimum atomic E-state index is -0.718. The topological polar surface area (TPSA) is 45.0 Å². The third-order valence-electron chi connectivity index (χ3n) is 3.68. The van der Waals surface area contributed by atoms with Crippen molar-refractivity contribution >= 4 is 5.69 Å². The number of benzene rings is 2. The molecule has 0 saturated heterocycles. The van der Waals surface area contributed by atoms with Gasteiger partial charge in [-0.25, -0.2) is 0 Å². The lowest BCUT2D eigenvalue weighted by atomic mass is 9.85. The molecule has 0 saturated carbocycles. The Morgan fingerprint density at radius 1 is 1.15 bits per heavy atom. The van der Waals surface area contributed by atoms with Gasteiger partial charge in [-0.15, -0.1) is 0 Å². The maximum absolute atomic E-state index is 9.74. The zero-order valence-electron chi connectivity index (χ0n) is 11.4. The van der Waals surface area contributed by atoms with Gasteiger partial charge in [0, 0.05) is 17.7 Å². The van der Waals surface area contributed by atoms with Crippen LogP contribution in [0.15, 0.2) is 48.5 Å². The Morgan fingerprint density at radius 3 is 2.65 bits per heavy atom. The molecule has 1 aliphatic rings. The highest BCUT2D eigenvalue weighted by molar-refractivity contribution is 5.55. The van der Waals surface area contributed by atoms with E-state index in [4.69, 9.17) is 4.74 Å². The molecule has 0 fully saturated rings. The van der Waals surface area contributed by atoms with E-state index in [9.17, 15) is 5.26 Å². The van der Waals surface area contributed by atoms with Crippen LogP contribution in [0.3, 0.4) is 0 Å². The molecule has 3 rings (SSSR count). The minimum Gasteiger partial charge on any atom is -0.493 e. The molecule has 0 bridgehead atoms. The van der Waals surface area contributed by atoms with E-state index in [0.29, 0.717) is 13.0 Å². The first-order valence-electron chi connectivity index (χ1n) is 6.72. The van der Waals surface area contributed by atoms with Crippen LogP contribution in [-0.2, 0) is 5.54 Å². The number of para-hydroxylation sites is 1. The van der Waals surface area contributed by atoms with Crippen molar-refractivity contribution in [3.8, 4) is 11.8 Å². The van der Waals surface area contributed by atoms with Crippen LogP contribution in [-0.4, -0.2) is 6.61 Å². The molecule has 0 spiro atoms. The van der Waals surface area contributed by atoms with Gasteiger partial charge in [0.15, 0.2) is 5.54 Å². The van der Waals surface area contributed by atoms with Crippen molar-refractivity contribution in [3.63, 3.8) is 0 Å². The molecular formula is C17H16N2O. The van der Waals surface area contributed by atoms with Gasteiger partial charge in [0.25, 0.3) is 0 Å². The van der Waals surface area contributed by atoms with Crippen molar-refractivity contribution in [2.24, 2.45) is 0 Å². The summed E-state index contributed by atoms with van der Waals surface area (Å²) < 4.78 is 5.65. The molecular weight excluding hydrogens is 248 g/mol. The first-order chi connectivity index (χ1) is 9.73. The number of hydrogen-bond donors (Lipinski definition) is 1. The molecule has 1 atom stereocenters. The van der Waals surface area contributed by atoms with Crippen molar-refractivity contribution in [1.29, 1.82) is 5.26 Å². The zero-order valence-corrected chi connectivity index (χ0v) is 11.4. The monoisotopic (exact) mass is 264 g/mol. The molecule has 1 unspecified atom stereocenters. The lowest BCUT2D eigenvalue weighted by molar-refractivity contribution is 0.253. The van der Waals surface area contributed by atoms with Crippen LogP contribution >= 0.6 is 0 Å². The van der Waals surface area contributed by atoms with Gasteiger partial charge in [-0.2, -0.15) is 5.26 Å². The van der Waals surface area contributed by atoms with Gasteiger partial charge in [-0.05, 0) is 25.1 Å². The molecule has 3 heteroatoms. The molecule has 0 aromatic heterocycles. The molecule has 3 nitrogen and oxygen atoms in total. The number of hydrogen-bond acceptors (Lipinski definition) is 3. The van der Waals surface area contributed by atoms with Crippen LogP contribution < -0.4 is 10.1 Å². The van der Waals surface area contributed by atoms with Crippen molar-refractivity contribution in [2.75, 3.05) is 11.9 Å². The minimum absolute atomic E-state index is 0.545. The van der Waals surface area contributed by atoms with E-state index in [1.807, 2.05) is 55.5 Å². The van der Waals surface area contributed by atoms with E-state index in [1.165, 1.54) is 5.56 Å².